The average molecular weight is 237 g/mol. The summed E-state index contributed by atoms with van der Waals surface area (Å²) in [7, 11) is 1.43. The summed E-state index contributed by atoms with van der Waals surface area (Å²) < 4.78 is 6.46. The number of fused-ring (bicyclic) bond motifs is 1. The Balaban J connectivity index is 2.27. The standard InChI is InChI=1S/C9H11N5O3/c1-17-4-6(9(15)16)12-7-8-13-11-5-14(8)3-2-10-7/h2-3,5-6H,4H2,1H3,(H,10,12)(H,15,16). The fourth-order valence-electron chi connectivity index (χ4n) is 1.37. The number of carboxylic acids is 1. The second-order valence-electron chi connectivity index (χ2n) is 3.33. The van der Waals surface area contributed by atoms with E-state index < -0.39 is 12.0 Å². The summed E-state index contributed by atoms with van der Waals surface area (Å²) in [6.45, 7) is 0.0339. The maximum atomic E-state index is 11.0. The van der Waals surface area contributed by atoms with Crippen molar-refractivity contribution >= 4 is 17.4 Å². The topological polar surface area (TPSA) is 102 Å². The number of carbonyl (C=O) groups is 1. The predicted molar refractivity (Wildman–Crippen MR) is 57.7 cm³/mol. The Morgan fingerprint density at radius 2 is 2.53 bits per heavy atom. The molecule has 0 aliphatic carbocycles. The Morgan fingerprint density at radius 1 is 1.71 bits per heavy atom. The van der Waals surface area contributed by atoms with Crippen LogP contribution < -0.4 is 5.32 Å². The lowest BCUT2D eigenvalue weighted by Gasteiger charge is -2.13. The van der Waals surface area contributed by atoms with Crippen LogP contribution in [0.1, 0.15) is 0 Å². The van der Waals surface area contributed by atoms with Crippen LogP contribution in [0.5, 0.6) is 0 Å². The van der Waals surface area contributed by atoms with Crippen molar-refractivity contribution in [2.45, 2.75) is 6.04 Å². The Labute approximate surface area is 96.3 Å². The molecule has 0 saturated carbocycles. The molecule has 2 aromatic heterocycles. The van der Waals surface area contributed by atoms with Gasteiger partial charge in [0.05, 0.1) is 6.61 Å². The summed E-state index contributed by atoms with van der Waals surface area (Å²) in [5, 5.41) is 19.3. The van der Waals surface area contributed by atoms with Crippen molar-refractivity contribution in [3.05, 3.63) is 18.7 Å². The summed E-state index contributed by atoms with van der Waals surface area (Å²) in [6.07, 6.45) is 4.71. The monoisotopic (exact) mass is 237 g/mol. The summed E-state index contributed by atoms with van der Waals surface area (Å²) in [4.78, 5) is 15.0. The predicted octanol–water partition coefficient (Wildman–Crippen LogP) is -0.364. The molecule has 2 aromatic rings. The molecule has 0 aliphatic rings. The molecule has 0 saturated heterocycles. The molecule has 17 heavy (non-hydrogen) atoms. The van der Waals surface area contributed by atoms with Crippen LogP contribution in [0.3, 0.4) is 0 Å². The number of rotatable bonds is 5. The number of aromatic nitrogens is 4. The smallest absolute Gasteiger partial charge is 0.328 e. The van der Waals surface area contributed by atoms with E-state index in [-0.39, 0.29) is 6.61 Å². The Morgan fingerprint density at radius 3 is 3.24 bits per heavy atom. The summed E-state index contributed by atoms with van der Waals surface area (Å²) in [6, 6.07) is -0.879. The molecule has 1 atom stereocenters. The van der Waals surface area contributed by atoms with Gasteiger partial charge in [-0.05, 0) is 0 Å². The third kappa shape index (κ3) is 2.31. The number of anilines is 1. The highest BCUT2D eigenvalue weighted by molar-refractivity contribution is 5.79. The summed E-state index contributed by atoms with van der Waals surface area (Å²) in [5.74, 6) is -0.662. The Hall–Kier alpha value is -2.22. The molecule has 8 nitrogen and oxygen atoms in total. The highest BCUT2D eigenvalue weighted by Crippen LogP contribution is 2.11. The lowest BCUT2D eigenvalue weighted by molar-refractivity contribution is -0.139. The van der Waals surface area contributed by atoms with Crippen LogP contribution in [0.4, 0.5) is 5.82 Å². The second-order valence-corrected chi connectivity index (χ2v) is 3.33. The second kappa shape index (κ2) is 4.74. The molecule has 0 aliphatic heterocycles. The molecule has 0 spiro atoms. The molecule has 0 fully saturated rings. The molecule has 0 amide bonds. The molecule has 0 bridgehead atoms. The largest absolute Gasteiger partial charge is 0.480 e. The van der Waals surface area contributed by atoms with Crippen LogP contribution in [0.2, 0.25) is 0 Å². The van der Waals surface area contributed by atoms with Gasteiger partial charge in [-0.1, -0.05) is 0 Å². The number of hydrogen-bond donors (Lipinski definition) is 2. The van der Waals surface area contributed by atoms with Gasteiger partial charge in [-0.2, -0.15) is 0 Å². The molecule has 0 aromatic carbocycles. The minimum atomic E-state index is -1.02. The number of hydrogen-bond acceptors (Lipinski definition) is 6. The normalized spacial score (nSPS) is 12.5. The van der Waals surface area contributed by atoms with Crippen molar-refractivity contribution in [2.75, 3.05) is 19.0 Å². The van der Waals surface area contributed by atoms with Crippen molar-refractivity contribution in [3.63, 3.8) is 0 Å². The summed E-state index contributed by atoms with van der Waals surface area (Å²) in [5.41, 5.74) is 0.467. The van der Waals surface area contributed by atoms with Gasteiger partial charge < -0.3 is 15.2 Å². The first-order chi connectivity index (χ1) is 8.22. The van der Waals surface area contributed by atoms with Crippen LogP contribution in [0, 0.1) is 0 Å². The highest BCUT2D eigenvalue weighted by Gasteiger charge is 2.19. The number of carboxylic acid groups (broad SMARTS) is 1. The van der Waals surface area contributed by atoms with Crippen molar-refractivity contribution in [3.8, 4) is 0 Å². The fourth-order valence-corrected chi connectivity index (χ4v) is 1.37. The van der Waals surface area contributed by atoms with Crippen molar-refractivity contribution in [1.29, 1.82) is 0 Å². The van der Waals surface area contributed by atoms with Crippen LogP contribution in [0.15, 0.2) is 18.7 Å². The molecule has 2 N–H and O–H groups in total. The summed E-state index contributed by atoms with van der Waals surface area (Å²) >= 11 is 0. The van der Waals surface area contributed by atoms with Crippen molar-refractivity contribution in [2.24, 2.45) is 0 Å². The molecule has 0 radical (unpaired) electrons. The van der Waals surface area contributed by atoms with Gasteiger partial charge in [0.15, 0.2) is 5.82 Å². The maximum absolute atomic E-state index is 11.0. The number of methoxy groups -OCH3 is 1. The SMILES string of the molecule is COCC(Nc1nccn2cnnc12)C(=O)O. The van der Waals surface area contributed by atoms with Crippen LogP contribution in [-0.4, -0.2) is 50.4 Å². The lowest BCUT2D eigenvalue weighted by Crippen LogP contribution is -2.34. The molecular weight excluding hydrogens is 226 g/mol. The van der Waals surface area contributed by atoms with E-state index in [2.05, 4.69) is 20.5 Å². The molecule has 90 valence electrons. The van der Waals surface area contributed by atoms with Gasteiger partial charge in [-0.25, -0.2) is 9.78 Å². The Bertz CT molecular complexity index is 526. The van der Waals surface area contributed by atoms with Crippen LogP contribution in [0.25, 0.3) is 5.65 Å². The van der Waals surface area contributed by atoms with Gasteiger partial charge in [0, 0.05) is 19.5 Å². The van der Waals surface area contributed by atoms with Gasteiger partial charge in [-0.15, -0.1) is 10.2 Å². The van der Waals surface area contributed by atoms with E-state index in [1.165, 1.54) is 19.6 Å². The first kappa shape index (κ1) is 11.3. The highest BCUT2D eigenvalue weighted by atomic mass is 16.5. The van der Waals surface area contributed by atoms with E-state index in [0.717, 1.165) is 0 Å². The van der Waals surface area contributed by atoms with Crippen molar-refractivity contribution < 1.29 is 14.6 Å². The average Bonchev–Trinajstić information content (AvgIpc) is 2.77. The van der Waals surface area contributed by atoms with Crippen LogP contribution in [-0.2, 0) is 9.53 Å². The van der Waals surface area contributed by atoms with E-state index in [9.17, 15) is 4.79 Å². The number of nitrogens with zero attached hydrogens (tertiary/aromatic N) is 4. The quantitative estimate of drug-likeness (QED) is 0.731. The zero-order valence-corrected chi connectivity index (χ0v) is 9.07. The minimum absolute atomic E-state index is 0.0339. The number of nitrogens with one attached hydrogen (secondary N) is 1. The molecule has 2 heterocycles. The zero-order chi connectivity index (χ0) is 12.3. The molecule has 1 unspecified atom stereocenters. The Kier molecular flexibility index (Phi) is 3.15. The molecule has 8 heteroatoms. The first-order valence-corrected chi connectivity index (χ1v) is 4.85. The number of aliphatic carboxylic acids is 1. The lowest BCUT2D eigenvalue weighted by atomic mass is 10.3. The first-order valence-electron chi connectivity index (χ1n) is 4.85. The van der Waals surface area contributed by atoms with E-state index in [1.807, 2.05) is 0 Å². The molecule has 2 rings (SSSR count). The van der Waals surface area contributed by atoms with E-state index >= 15 is 0 Å². The third-order valence-electron chi connectivity index (χ3n) is 2.16. The number of ether oxygens (including phenoxy) is 1. The van der Waals surface area contributed by atoms with E-state index in [1.54, 1.807) is 10.6 Å². The maximum Gasteiger partial charge on any atom is 0.328 e. The van der Waals surface area contributed by atoms with E-state index in [0.29, 0.717) is 11.5 Å². The zero-order valence-electron chi connectivity index (χ0n) is 9.07. The van der Waals surface area contributed by atoms with Gasteiger partial charge in [0.2, 0.25) is 5.65 Å². The third-order valence-corrected chi connectivity index (χ3v) is 2.16. The van der Waals surface area contributed by atoms with Gasteiger partial charge in [0.25, 0.3) is 0 Å². The van der Waals surface area contributed by atoms with Gasteiger partial charge >= 0.3 is 5.97 Å². The van der Waals surface area contributed by atoms with E-state index in [4.69, 9.17) is 9.84 Å². The fraction of sp³-hybridized carbons (Fsp3) is 0.333. The van der Waals surface area contributed by atoms with Gasteiger partial charge in [-0.3, -0.25) is 4.40 Å². The van der Waals surface area contributed by atoms with Gasteiger partial charge in [0.1, 0.15) is 12.4 Å². The molecular formula is C9H11N5O3. The van der Waals surface area contributed by atoms with Crippen molar-refractivity contribution in [1.82, 2.24) is 19.6 Å². The van der Waals surface area contributed by atoms with Crippen LogP contribution >= 0.6 is 0 Å². The minimum Gasteiger partial charge on any atom is -0.480 e.